The van der Waals surface area contributed by atoms with Crippen LogP contribution >= 0.6 is 11.6 Å². The lowest BCUT2D eigenvalue weighted by molar-refractivity contribution is 0.285. The van der Waals surface area contributed by atoms with E-state index in [1.54, 1.807) is 6.07 Å². The van der Waals surface area contributed by atoms with Crippen LogP contribution in [0.15, 0.2) is 18.2 Å². The minimum atomic E-state index is -0.238. The zero-order valence-electron chi connectivity index (χ0n) is 11.1. The van der Waals surface area contributed by atoms with Gasteiger partial charge in [-0.25, -0.2) is 4.39 Å². The Morgan fingerprint density at radius 3 is 2.94 bits per heavy atom. The largest absolute Gasteiger partial charge is 0.364 e. The second-order valence-corrected chi connectivity index (χ2v) is 5.77. The van der Waals surface area contributed by atoms with E-state index in [1.165, 1.54) is 12.1 Å². The van der Waals surface area contributed by atoms with Crippen molar-refractivity contribution < 1.29 is 4.39 Å². The van der Waals surface area contributed by atoms with Crippen LogP contribution in [-0.2, 0) is 0 Å². The van der Waals surface area contributed by atoms with Crippen molar-refractivity contribution in [1.29, 1.82) is 0 Å². The molecule has 1 saturated heterocycles. The molecule has 0 radical (unpaired) electrons. The van der Waals surface area contributed by atoms with Gasteiger partial charge in [-0.05, 0) is 38.5 Å². The third kappa shape index (κ3) is 2.62. The number of halogens is 2. The third-order valence-corrected chi connectivity index (χ3v) is 4.19. The van der Waals surface area contributed by atoms with Crippen molar-refractivity contribution >= 4 is 17.3 Å². The van der Waals surface area contributed by atoms with E-state index >= 15 is 0 Å². The van der Waals surface area contributed by atoms with Crippen molar-refractivity contribution in [2.75, 3.05) is 18.0 Å². The SMILES string of the molecule is CCC1(C)CN(c2cc(F)ccc2Cl)C(C)CN1. The number of rotatable bonds is 2. The maximum atomic E-state index is 13.4. The minimum absolute atomic E-state index is 0.0577. The molecule has 1 aromatic carbocycles. The second-order valence-electron chi connectivity index (χ2n) is 5.37. The van der Waals surface area contributed by atoms with E-state index in [4.69, 9.17) is 11.6 Å². The van der Waals surface area contributed by atoms with Crippen LogP contribution in [0.4, 0.5) is 10.1 Å². The highest BCUT2D eigenvalue weighted by atomic mass is 35.5. The highest BCUT2D eigenvalue weighted by Gasteiger charge is 2.33. The molecule has 2 rings (SSSR count). The molecule has 1 aliphatic rings. The van der Waals surface area contributed by atoms with Gasteiger partial charge >= 0.3 is 0 Å². The molecule has 2 nitrogen and oxygen atoms in total. The minimum Gasteiger partial charge on any atom is -0.364 e. The highest BCUT2D eigenvalue weighted by molar-refractivity contribution is 6.33. The van der Waals surface area contributed by atoms with Gasteiger partial charge in [0.25, 0.3) is 0 Å². The second kappa shape index (κ2) is 5.06. The Morgan fingerprint density at radius 1 is 1.56 bits per heavy atom. The summed E-state index contributed by atoms with van der Waals surface area (Å²) < 4.78 is 13.4. The van der Waals surface area contributed by atoms with Gasteiger partial charge in [0.15, 0.2) is 0 Å². The van der Waals surface area contributed by atoms with E-state index < -0.39 is 0 Å². The number of hydrogen-bond acceptors (Lipinski definition) is 2. The molecule has 0 bridgehead atoms. The summed E-state index contributed by atoms with van der Waals surface area (Å²) in [6.45, 7) is 8.21. The Labute approximate surface area is 113 Å². The maximum absolute atomic E-state index is 13.4. The quantitative estimate of drug-likeness (QED) is 0.886. The van der Waals surface area contributed by atoms with Crippen LogP contribution in [-0.4, -0.2) is 24.7 Å². The molecule has 0 aromatic heterocycles. The Hall–Kier alpha value is -0.800. The normalized spacial score (nSPS) is 28.5. The van der Waals surface area contributed by atoms with Gasteiger partial charge in [-0.2, -0.15) is 0 Å². The number of nitrogens with zero attached hydrogens (tertiary/aromatic N) is 1. The molecule has 2 unspecified atom stereocenters. The van der Waals surface area contributed by atoms with Gasteiger partial charge in [-0.15, -0.1) is 0 Å². The predicted molar refractivity (Wildman–Crippen MR) is 74.9 cm³/mol. The monoisotopic (exact) mass is 270 g/mol. The molecule has 1 N–H and O–H groups in total. The van der Waals surface area contributed by atoms with E-state index in [-0.39, 0.29) is 11.4 Å². The molecule has 0 spiro atoms. The number of nitrogens with one attached hydrogen (secondary N) is 1. The fourth-order valence-corrected chi connectivity index (χ4v) is 2.58. The molecule has 4 heteroatoms. The van der Waals surface area contributed by atoms with Crippen LogP contribution in [0.25, 0.3) is 0 Å². The van der Waals surface area contributed by atoms with Gasteiger partial charge in [0.2, 0.25) is 0 Å². The van der Waals surface area contributed by atoms with Gasteiger partial charge in [-0.3, -0.25) is 0 Å². The van der Waals surface area contributed by atoms with E-state index in [0.717, 1.165) is 25.2 Å². The maximum Gasteiger partial charge on any atom is 0.125 e. The molecular weight excluding hydrogens is 251 g/mol. The summed E-state index contributed by atoms with van der Waals surface area (Å²) in [6, 6.07) is 4.87. The highest BCUT2D eigenvalue weighted by Crippen LogP contribution is 2.31. The first-order valence-electron chi connectivity index (χ1n) is 6.42. The fourth-order valence-electron chi connectivity index (χ4n) is 2.36. The van der Waals surface area contributed by atoms with Crippen molar-refractivity contribution in [1.82, 2.24) is 5.32 Å². The van der Waals surface area contributed by atoms with E-state index in [9.17, 15) is 4.39 Å². The first-order valence-corrected chi connectivity index (χ1v) is 6.80. The summed E-state index contributed by atoms with van der Waals surface area (Å²) in [5.74, 6) is -0.238. The number of hydrogen-bond donors (Lipinski definition) is 1. The van der Waals surface area contributed by atoms with Crippen LogP contribution in [0.1, 0.15) is 27.2 Å². The van der Waals surface area contributed by atoms with Crippen LogP contribution < -0.4 is 10.2 Å². The molecule has 2 atom stereocenters. The van der Waals surface area contributed by atoms with Crippen molar-refractivity contribution in [2.45, 2.75) is 38.8 Å². The van der Waals surface area contributed by atoms with Crippen LogP contribution in [0.5, 0.6) is 0 Å². The molecule has 0 amide bonds. The summed E-state index contributed by atoms with van der Waals surface area (Å²) in [7, 11) is 0. The van der Waals surface area contributed by atoms with Gasteiger partial charge in [0, 0.05) is 24.7 Å². The molecule has 100 valence electrons. The molecule has 0 aliphatic carbocycles. The first-order chi connectivity index (χ1) is 8.45. The van der Waals surface area contributed by atoms with Crippen molar-refractivity contribution in [3.63, 3.8) is 0 Å². The lowest BCUT2D eigenvalue weighted by Gasteiger charge is -2.46. The number of anilines is 1. The first kappa shape index (κ1) is 13.6. The Morgan fingerprint density at radius 2 is 2.28 bits per heavy atom. The fraction of sp³-hybridized carbons (Fsp3) is 0.571. The van der Waals surface area contributed by atoms with Crippen molar-refractivity contribution in [2.24, 2.45) is 0 Å². The van der Waals surface area contributed by atoms with Crippen LogP contribution in [0.3, 0.4) is 0 Å². The molecule has 18 heavy (non-hydrogen) atoms. The topological polar surface area (TPSA) is 15.3 Å². The molecule has 0 saturated carbocycles. The summed E-state index contributed by atoms with van der Waals surface area (Å²) in [5, 5.41) is 4.16. The van der Waals surface area contributed by atoms with Gasteiger partial charge in [-0.1, -0.05) is 18.5 Å². The van der Waals surface area contributed by atoms with E-state index in [1.807, 2.05) is 0 Å². The molecule has 1 heterocycles. The Kier molecular flexibility index (Phi) is 3.83. The smallest absolute Gasteiger partial charge is 0.125 e. The molecular formula is C14H20ClFN2. The molecule has 1 aliphatic heterocycles. The zero-order chi connectivity index (χ0) is 13.3. The average Bonchev–Trinajstić information content (AvgIpc) is 2.36. The van der Waals surface area contributed by atoms with Gasteiger partial charge in [0.05, 0.1) is 10.7 Å². The summed E-state index contributed by atoms with van der Waals surface area (Å²) in [5.41, 5.74) is 0.854. The Bertz CT molecular complexity index is 438. The number of piperazine rings is 1. The standard InChI is InChI=1S/C14H20ClFN2/c1-4-14(3)9-18(10(2)8-17-14)13-7-11(16)5-6-12(13)15/h5-7,10,17H,4,8-9H2,1-3H3. The average molecular weight is 271 g/mol. The molecule has 1 fully saturated rings. The number of benzene rings is 1. The molecule has 1 aromatic rings. The summed E-state index contributed by atoms with van der Waals surface area (Å²) >= 11 is 6.20. The van der Waals surface area contributed by atoms with Crippen molar-refractivity contribution in [3.05, 3.63) is 29.0 Å². The Balaban J connectivity index is 2.32. The van der Waals surface area contributed by atoms with Crippen LogP contribution in [0, 0.1) is 5.82 Å². The third-order valence-electron chi connectivity index (χ3n) is 3.87. The van der Waals surface area contributed by atoms with Crippen molar-refractivity contribution in [3.8, 4) is 0 Å². The van der Waals surface area contributed by atoms with E-state index in [0.29, 0.717) is 11.1 Å². The summed E-state index contributed by atoms with van der Waals surface area (Å²) in [6.07, 6.45) is 1.03. The predicted octanol–water partition coefficient (Wildman–Crippen LogP) is 3.45. The van der Waals surface area contributed by atoms with Gasteiger partial charge < -0.3 is 10.2 Å². The summed E-state index contributed by atoms with van der Waals surface area (Å²) in [4.78, 5) is 2.20. The lowest BCUT2D eigenvalue weighted by Crippen LogP contribution is -2.62. The van der Waals surface area contributed by atoms with Crippen LogP contribution in [0.2, 0.25) is 5.02 Å². The van der Waals surface area contributed by atoms with Gasteiger partial charge in [0.1, 0.15) is 5.82 Å². The van der Waals surface area contributed by atoms with E-state index in [2.05, 4.69) is 31.0 Å². The zero-order valence-corrected chi connectivity index (χ0v) is 11.9. The lowest BCUT2D eigenvalue weighted by atomic mass is 9.93.